The summed E-state index contributed by atoms with van der Waals surface area (Å²) in [6.07, 6.45) is 0. The van der Waals surface area contributed by atoms with E-state index in [9.17, 15) is 19.0 Å². The second-order valence-electron chi connectivity index (χ2n) is 3.39. The molecule has 0 aromatic heterocycles. The van der Waals surface area contributed by atoms with Crippen LogP contribution in [0, 0.1) is 11.6 Å². The number of hydrogen-bond donors (Lipinski definition) is 2. The van der Waals surface area contributed by atoms with Gasteiger partial charge in [-0.1, -0.05) is 6.07 Å². The van der Waals surface area contributed by atoms with E-state index in [1.807, 2.05) is 0 Å². The fourth-order valence-electron chi connectivity index (χ4n) is 1.54. The summed E-state index contributed by atoms with van der Waals surface area (Å²) in [4.78, 5) is 0. The molecule has 0 aliphatic heterocycles. The lowest BCUT2D eigenvalue weighted by molar-refractivity contribution is 0.453. The number of phenols is 2. The van der Waals surface area contributed by atoms with Crippen LogP contribution in [0.5, 0.6) is 11.5 Å². The smallest absolute Gasteiger partial charge is 0.138 e. The molecule has 0 saturated heterocycles. The van der Waals surface area contributed by atoms with Crippen molar-refractivity contribution < 1.29 is 19.0 Å². The van der Waals surface area contributed by atoms with Crippen LogP contribution in [0.2, 0.25) is 0 Å². The van der Waals surface area contributed by atoms with Crippen LogP contribution in [-0.2, 0) is 0 Å². The molecule has 0 bridgehead atoms. The lowest BCUT2D eigenvalue weighted by atomic mass is 10.0. The van der Waals surface area contributed by atoms with Gasteiger partial charge in [-0.2, -0.15) is 0 Å². The lowest BCUT2D eigenvalue weighted by Gasteiger charge is -2.10. The molecule has 2 nitrogen and oxygen atoms in total. The quantitative estimate of drug-likeness (QED) is 0.786. The highest BCUT2D eigenvalue weighted by Gasteiger charge is 2.19. The average molecular weight is 301 g/mol. The van der Waals surface area contributed by atoms with Crippen LogP contribution in [0.3, 0.4) is 0 Å². The van der Waals surface area contributed by atoms with Gasteiger partial charge in [0.1, 0.15) is 23.1 Å². The normalized spacial score (nSPS) is 10.5. The maximum Gasteiger partial charge on any atom is 0.138 e. The highest BCUT2D eigenvalue weighted by Crippen LogP contribution is 2.42. The van der Waals surface area contributed by atoms with Gasteiger partial charge < -0.3 is 10.2 Å². The van der Waals surface area contributed by atoms with Crippen LogP contribution in [0.1, 0.15) is 0 Å². The predicted molar refractivity (Wildman–Crippen MR) is 62.8 cm³/mol. The molecule has 2 N–H and O–H groups in total. The van der Waals surface area contributed by atoms with Gasteiger partial charge in [0.25, 0.3) is 0 Å². The summed E-state index contributed by atoms with van der Waals surface area (Å²) in [5.74, 6) is -2.07. The summed E-state index contributed by atoms with van der Waals surface area (Å²) in [7, 11) is 0. The zero-order valence-corrected chi connectivity index (χ0v) is 10.0. The van der Waals surface area contributed by atoms with E-state index < -0.39 is 11.6 Å². The summed E-state index contributed by atoms with van der Waals surface area (Å²) in [5.41, 5.74) is -0.350. The van der Waals surface area contributed by atoms with Crippen LogP contribution in [0.4, 0.5) is 8.78 Å². The molecule has 17 heavy (non-hydrogen) atoms. The van der Waals surface area contributed by atoms with Crippen LogP contribution in [0.25, 0.3) is 11.1 Å². The molecular weight excluding hydrogens is 294 g/mol. The number of benzene rings is 2. The Bertz CT molecular complexity index is 565. The van der Waals surface area contributed by atoms with Crippen molar-refractivity contribution in [2.75, 3.05) is 0 Å². The van der Waals surface area contributed by atoms with Gasteiger partial charge in [-0.05, 0) is 40.2 Å². The van der Waals surface area contributed by atoms with Gasteiger partial charge in [0.15, 0.2) is 0 Å². The number of aromatic hydroxyl groups is 2. The Kier molecular flexibility index (Phi) is 3.02. The Balaban J connectivity index is 2.82. The molecule has 5 heteroatoms. The molecular formula is C12H7BrF2O2. The maximum atomic E-state index is 13.7. The third-order valence-corrected chi connectivity index (χ3v) is 3.09. The van der Waals surface area contributed by atoms with Gasteiger partial charge in [0.05, 0.1) is 10.0 Å². The van der Waals surface area contributed by atoms with E-state index in [-0.39, 0.29) is 27.1 Å². The molecule has 0 atom stereocenters. The minimum atomic E-state index is -0.741. The zero-order chi connectivity index (χ0) is 12.6. The first-order valence-corrected chi connectivity index (χ1v) is 5.46. The first-order chi connectivity index (χ1) is 8.02. The topological polar surface area (TPSA) is 40.5 Å². The molecule has 88 valence electrons. The summed E-state index contributed by atoms with van der Waals surface area (Å²) < 4.78 is 26.8. The Hall–Kier alpha value is -1.62. The van der Waals surface area contributed by atoms with E-state index in [1.165, 1.54) is 18.2 Å². The fourth-order valence-corrected chi connectivity index (χ4v) is 2.06. The molecule has 0 aliphatic rings. The Labute approximate surface area is 104 Å². The van der Waals surface area contributed by atoms with Gasteiger partial charge >= 0.3 is 0 Å². The van der Waals surface area contributed by atoms with Gasteiger partial charge in [-0.3, -0.25) is 0 Å². The van der Waals surface area contributed by atoms with E-state index in [4.69, 9.17) is 0 Å². The van der Waals surface area contributed by atoms with Crippen molar-refractivity contribution >= 4 is 15.9 Å². The third kappa shape index (κ3) is 1.98. The van der Waals surface area contributed by atoms with Crippen molar-refractivity contribution in [3.63, 3.8) is 0 Å². The van der Waals surface area contributed by atoms with Crippen molar-refractivity contribution in [3.8, 4) is 22.6 Å². The summed E-state index contributed by atoms with van der Waals surface area (Å²) in [6, 6.07) is 5.86. The van der Waals surface area contributed by atoms with E-state index in [1.54, 1.807) is 0 Å². The molecule has 2 aromatic rings. The first kappa shape index (κ1) is 11.9. The molecule has 0 aliphatic carbocycles. The minimum Gasteiger partial charge on any atom is -0.507 e. The lowest BCUT2D eigenvalue weighted by Crippen LogP contribution is -1.91. The van der Waals surface area contributed by atoms with Gasteiger partial charge in [0.2, 0.25) is 0 Å². The van der Waals surface area contributed by atoms with Gasteiger partial charge in [0, 0.05) is 5.56 Å². The molecule has 0 saturated carbocycles. The van der Waals surface area contributed by atoms with Gasteiger partial charge in [-0.25, -0.2) is 8.78 Å². The zero-order valence-electron chi connectivity index (χ0n) is 8.42. The molecule has 0 heterocycles. The third-order valence-electron chi connectivity index (χ3n) is 2.31. The number of halogens is 3. The maximum absolute atomic E-state index is 13.7. The molecule has 0 fully saturated rings. The minimum absolute atomic E-state index is 0.142. The molecule has 0 unspecified atom stereocenters. The van der Waals surface area contributed by atoms with Crippen LogP contribution >= 0.6 is 15.9 Å². The second kappa shape index (κ2) is 4.33. The van der Waals surface area contributed by atoms with Crippen molar-refractivity contribution in [1.82, 2.24) is 0 Å². The molecule has 0 amide bonds. The Morgan fingerprint density at radius 2 is 1.35 bits per heavy atom. The van der Waals surface area contributed by atoms with Crippen molar-refractivity contribution in [3.05, 3.63) is 46.4 Å². The van der Waals surface area contributed by atoms with Gasteiger partial charge in [-0.15, -0.1) is 0 Å². The molecule has 2 rings (SSSR count). The van der Waals surface area contributed by atoms with E-state index >= 15 is 0 Å². The number of rotatable bonds is 1. The summed E-state index contributed by atoms with van der Waals surface area (Å²) >= 11 is 2.90. The van der Waals surface area contributed by atoms with Crippen molar-refractivity contribution in [1.29, 1.82) is 0 Å². The largest absolute Gasteiger partial charge is 0.507 e. The van der Waals surface area contributed by atoms with E-state index in [0.29, 0.717) is 0 Å². The highest BCUT2D eigenvalue weighted by atomic mass is 79.9. The average Bonchev–Trinajstić information content (AvgIpc) is 2.28. The van der Waals surface area contributed by atoms with Crippen LogP contribution in [0.15, 0.2) is 34.8 Å². The van der Waals surface area contributed by atoms with Crippen molar-refractivity contribution in [2.45, 2.75) is 0 Å². The van der Waals surface area contributed by atoms with Crippen molar-refractivity contribution in [2.24, 2.45) is 0 Å². The highest BCUT2D eigenvalue weighted by molar-refractivity contribution is 9.10. The summed E-state index contributed by atoms with van der Waals surface area (Å²) in [5, 5.41) is 19.2. The van der Waals surface area contributed by atoms with E-state index in [0.717, 1.165) is 12.1 Å². The fraction of sp³-hybridized carbons (Fsp3) is 0. The monoisotopic (exact) mass is 300 g/mol. The molecule has 0 spiro atoms. The summed E-state index contributed by atoms with van der Waals surface area (Å²) in [6.45, 7) is 0. The Morgan fingerprint density at radius 3 is 1.94 bits per heavy atom. The standard InChI is InChI=1S/C12H7BrF2O2/c13-12-7(15)5-4-6(14)10(12)11-8(16)2-1-3-9(11)17/h1-5,16-17H. The predicted octanol–water partition coefficient (Wildman–Crippen LogP) is 3.81. The molecule has 0 radical (unpaired) electrons. The number of hydrogen-bond acceptors (Lipinski definition) is 2. The SMILES string of the molecule is Oc1cccc(O)c1-c1c(F)ccc(F)c1Br. The number of phenolic OH excluding ortho intramolecular Hbond substituents is 2. The van der Waals surface area contributed by atoms with Crippen LogP contribution in [-0.4, -0.2) is 10.2 Å². The molecule has 2 aromatic carbocycles. The van der Waals surface area contributed by atoms with E-state index in [2.05, 4.69) is 15.9 Å². The first-order valence-electron chi connectivity index (χ1n) is 4.67. The Morgan fingerprint density at radius 1 is 0.824 bits per heavy atom. The van der Waals surface area contributed by atoms with Crippen LogP contribution < -0.4 is 0 Å². The second-order valence-corrected chi connectivity index (χ2v) is 4.18.